The van der Waals surface area contributed by atoms with Crippen LogP contribution in [0.1, 0.15) is 22.7 Å². The molecular formula is C16H16N4. The molecule has 2 aromatic heterocycles. The minimum absolute atomic E-state index is 0.107. The second-order valence-corrected chi connectivity index (χ2v) is 4.76. The molecule has 1 unspecified atom stereocenters. The summed E-state index contributed by atoms with van der Waals surface area (Å²) in [5.74, 6) is 0. The van der Waals surface area contributed by atoms with Gasteiger partial charge in [0.25, 0.3) is 0 Å². The molecule has 3 aromatic rings. The van der Waals surface area contributed by atoms with Gasteiger partial charge in [-0.15, -0.1) is 0 Å². The number of aryl methyl sites for hydroxylation is 1. The lowest BCUT2D eigenvalue weighted by atomic mass is 9.96. The third-order valence-corrected chi connectivity index (χ3v) is 3.51. The van der Waals surface area contributed by atoms with E-state index in [1.54, 1.807) is 12.4 Å². The summed E-state index contributed by atoms with van der Waals surface area (Å²) >= 11 is 0. The lowest BCUT2D eigenvalue weighted by Gasteiger charge is -2.19. The molecule has 0 radical (unpaired) electrons. The lowest BCUT2D eigenvalue weighted by Crippen LogP contribution is -2.19. The Morgan fingerprint density at radius 2 is 1.80 bits per heavy atom. The minimum atomic E-state index is 0.107. The van der Waals surface area contributed by atoms with Crippen LogP contribution in [0.4, 0.5) is 0 Å². The van der Waals surface area contributed by atoms with Crippen molar-refractivity contribution in [3.8, 4) is 0 Å². The normalized spacial score (nSPS) is 12.5. The number of hydrogen-bond donors (Lipinski definition) is 1. The number of rotatable bonds is 3. The van der Waals surface area contributed by atoms with Gasteiger partial charge in [0, 0.05) is 24.8 Å². The summed E-state index contributed by atoms with van der Waals surface area (Å²) in [5.41, 5.74) is 5.38. The Bertz CT molecular complexity index is 739. The van der Waals surface area contributed by atoms with Gasteiger partial charge in [-0.05, 0) is 48.9 Å². The van der Waals surface area contributed by atoms with Crippen LogP contribution in [0.25, 0.3) is 11.0 Å². The van der Waals surface area contributed by atoms with E-state index in [-0.39, 0.29) is 6.04 Å². The summed E-state index contributed by atoms with van der Waals surface area (Å²) in [6.07, 6.45) is 7.16. The molecule has 0 bridgehead atoms. The molecule has 1 N–H and O–H groups in total. The molecule has 2 heterocycles. The highest BCUT2D eigenvalue weighted by molar-refractivity contribution is 5.74. The maximum Gasteiger partial charge on any atom is 0.0890 e. The number of aromatic nitrogens is 3. The zero-order valence-corrected chi connectivity index (χ0v) is 11.5. The maximum atomic E-state index is 4.37. The maximum absolute atomic E-state index is 4.37. The molecule has 0 fully saturated rings. The largest absolute Gasteiger partial charge is 0.309 e. The molecule has 1 aromatic carbocycles. The van der Waals surface area contributed by atoms with E-state index in [1.807, 2.05) is 31.6 Å². The molecule has 0 aliphatic heterocycles. The van der Waals surface area contributed by atoms with E-state index in [1.165, 1.54) is 11.1 Å². The summed E-state index contributed by atoms with van der Waals surface area (Å²) in [7, 11) is 1.96. The number of hydrogen-bond acceptors (Lipinski definition) is 4. The molecule has 0 aliphatic rings. The predicted molar refractivity (Wildman–Crippen MR) is 79.4 cm³/mol. The number of benzene rings is 1. The van der Waals surface area contributed by atoms with E-state index in [4.69, 9.17) is 0 Å². The smallest absolute Gasteiger partial charge is 0.0890 e. The second kappa shape index (κ2) is 5.35. The van der Waals surface area contributed by atoms with Crippen molar-refractivity contribution < 1.29 is 0 Å². The molecule has 3 rings (SSSR count). The van der Waals surface area contributed by atoms with Gasteiger partial charge < -0.3 is 5.32 Å². The van der Waals surface area contributed by atoms with E-state index in [2.05, 4.69) is 39.3 Å². The first-order chi connectivity index (χ1) is 9.79. The summed E-state index contributed by atoms with van der Waals surface area (Å²) < 4.78 is 0. The Morgan fingerprint density at radius 3 is 2.55 bits per heavy atom. The number of nitrogens with zero attached hydrogens (tertiary/aromatic N) is 3. The highest BCUT2D eigenvalue weighted by Crippen LogP contribution is 2.25. The topological polar surface area (TPSA) is 50.7 Å². The third kappa shape index (κ3) is 2.26. The zero-order chi connectivity index (χ0) is 13.9. The molecule has 4 heteroatoms. The first-order valence-electron chi connectivity index (χ1n) is 6.58. The van der Waals surface area contributed by atoms with Crippen molar-refractivity contribution >= 4 is 11.0 Å². The Labute approximate surface area is 117 Å². The monoisotopic (exact) mass is 264 g/mol. The molecular weight excluding hydrogens is 248 g/mol. The molecule has 0 spiro atoms. The van der Waals surface area contributed by atoms with Crippen LogP contribution in [0.2, 0.25) is 0 Å². The quantitative estimate of drug-likeness (QED) is 0.790. The van der Waals surface area contributed by atoms with Crippen LogP contribution in [0.15, 0.2) is 49.1 Å². The zero-order valence-electron chi connectivity index (χ0n) is 11.5. The van der Waals surface area contributed by atoms with Gasteiger partial charge in [0.2, 0.25) is 0 Å². The van der Waals surface area contributed by atoms with Crippen LogP contribution in [0.3, 0.4) is 0 Å². The number of pyridine rings is 1. The van der Waals surface area contributed by atoms with Gasteiger partial charge in [-0.25, -0.2) is 0 Å². The molecule has 0 aliphatic carbocycles. The van der Waals surface area contributed by atoms with E-state index in [0.717, 1.165) is 16.6 Å². The van der Waals surface area contributed by atoms with Crippen LogP contribution in [-0.2, 0) is 0 Å². The van der Waals surface area contributed by atoms with Crippen molar-refractivity contribution in [2.45, 2.75) is 13.0 Å². The van der Waals surface area contributed by atoms with Gasteiger partial charge in [0.1, 0.15) is 0 Å². The fraction of sp³-hybridized carbons (Fsp3) is 0.188. The van der Waals surface area contributed by atoms with Crippen molar-refractivity contribution in [3.63, 3.8) is 0 Å². The van der Waals surface area contributed by atoms with Crippen LogP contribution in [-0.4, -0.2) is 22.0 Å². The van der Waals surface area contributed by atoms with Gasteiger partial charge in [-0.2, -0.15) is 0 Å². The summed E-state index contributed by atoms with van der Waals surface area (Å²) in [5, 5.41) is 3.35. The molecule has 1 atom stereocenters. The highest BCUT2D eigenvalue weighted by atomic mass is 14.9. The predicted octanol–water partition coefficient (Wildman–Crippen LogP) is 2.64. The van der Waals surface area contributed by atoms with Gasteiger partial charge in [-0.1, -0.05) is 6.07 Å². The Morgan fingerprint density at radius 1 is 1.00 bits per heavy atom. The first-order valence-corrected chi connectivity index (χ1v) is 6.58. The number of fused-ring (bicyclic) bond motifs is 1. The minimum Gasteiger partial charge on any atom is -0.309 e. The molecule has 100 valence electrons. The molecule has 0 amide bonds. The number of nitrogens with one attached hydrogen (secondary N) is 1. The Balaban J connectivity index is 2.10. The van der Waals surface area contributed by atoms with E-state index in [9.17, 15) is 0 Å². The molecule has 0 saturated carbocycles. The Hall–Kier alpha value is -2.33. The average molecular weight is 264 g/mol. The fourth-order valence-electron chi connectivity index (χ4n) is 2.44. The molecule has 0 saturated heterocycles. The Kier molecular flexibility index (Phi) is 3.39. The summed E-state index contributed by atoms with van der Waals surface area (Å²) in [6.45, 7) is 2.10. The average Bonchev–Trinajstić information content (AvgIpc) is 2.50. The third-order valence-electron chi connectivity index (χ3n) is 3.51. The summed E-state index contributed by atoms with van der Waals surface area (Å²) in [4.78, 5) is 12.9. The van der Waals surface area contributed by atoms with Crippen molar-refractivity contribution in [1.29, 1.82) is 0 Å². The van der Waals surface area contributed by atoms with Crippen LogP contribution in [0, 0.1) is 6.92 Å². The molecule has 4 nitrogen and oxygen atoms in total. The fourth-order valence-corrected chi connectivity index (χ4v) is 2.44. The van der Waals surface area contributed by atoms with Gasteiger partial charge in [0.05, 0.1) is 17.1 Å². The molecule has 20 heavy (non-hydrogen) atoms. The first kappa shape index (κ1) is 12.7. The van der Waals surface area contributed by atoms with Gasteiger partial charge in [0.15, 0.2) is 0 Å². The van der Waals surface area contributed by atoms with Crippen LogP contribution in [0.5, 0.6) is 0 Å². The van der Waals surface area contributed by atoms with Gasteiger partial charge >= 0.3 is 0 Å². The van der Waals surface area contributed by atoms with E-state index < -0.39 is 0 Å². The van der Waals surface area contributed by atoms with Crippen molar-refractivity contribution in [2.24, 2.45) is 0 Å². The van der Waals surface area contributed by atoms with Crippen molar-refractivity contribution in [1.82, 2.24) is 20.3 Å². The lowest BCUT2D eigenvalue weighted by molar-refractivity contribution is 0.685. The highest BCUT2D eigenvalue weighted by Gasteiger charge is 2.15. The van der Waals surface area contributed by atoms with Crippen molar-refractivity contribution in [2.75, 3.05) is 7.05 Å². The van der Waals surface area contributed by atoms with E-state index >= 15 is 0 Å². The van der Waals surface area contributed by atoms with Crippen LogP contribution < -0.4 is 5.32 Å². The second-order valence-electron chi connectivity index (χ2n) is 4.76. The van der Waals surface area contributed by atoms with Gasteiger partial charge in [-0.3, -0.25) is 15.0 Å². The van der Waals surface area contributed by atoms with Crippen molar-refractivity contribution in [3.05, 3.63) is 65.7 Å². The standard InChI is InChI=1S/C16H16N4/c1-11-5-6-18-10-13(11)16(17-2)12-3-4-14-15(9-12)20-8-7-19-14/h3-10,16-17H,1-2H3. The summed E-state index contributed by atoms with van der Waals surface area (Å²) in [6, 6.07) is 8.31. The van der Waals surface area contributed by atoms with Crippen LogP contribution >= 0.6 is 0 Å². The van der Waals surface area contributed by atoms with E-state index in [0.29, 0.717) is 0 Å². The SMILES string of the molecule is CNC(c1ccc2nccnc2c1)c1cnccc1C.